The molecule has 16 heavy (non-hydrogen) atoms. The molecule has 0 aliphatic rings. The molecular formula is C16H36. The molecule has 0 unspecified atom stereocenters. The van der Waals surface area contributed by atoms with E-state index in [4.69, 9.17) is 0 Å². The molecule has 0 heteroatoms. The van der Waals surface area contributed by atoms with Crippen molar-refractivity contribution in [1.29, 1.82) is 0 Å². The molecule has 0 bridgehead atoms. The monoisotopic (exact) mass is 228 g/mol. The Bertz CT molecular complexity index is 219. The molecule has 1 rings (SSSR count). The average Bonchev–Trinajstić information content (AvgIpc) is 2.05. The maximum Gasteiger partial charge on any atom is -0.0231 e. The standard InChI is InChI=1S/C10H12.6CH4/c1-3-9(2)10-7-5-4-6-8-10;;;;;;/h3-8H,1-2H3;6*1H4/b9-3+;;;;;;. The van der Waals surface area contributed by atoms with Gasteiger partial charge in [0.2, 0.25) is 0 Å². The van der Waals surface area contributed by atoms with Crippen molar-refractivity contribution in [3.63, 3.8) is 0 Å². The zero-order valence-electron chi connectivity index (χ0n) is 6.46. The Morgan fingerprint density at radius 2 is 1.19 bits per heavy atom. The average molecular weight is 228 g/mol. The molecule has 0 aromatic heterocycles. The fraction of sp³-hybridized carbons (Fsp3) is 0.500. The number of allylic oxidation sites excluding steroid dienone is 2. The molecule has 1 aromatic carbocycles. The van der Waals surface area contributed by atoms with Crippen LogP contribution in [0.4, 0.5) is 0 Å². The predicted molar refractivity (Wildman–Crippen MR) is 86.2 cm³/mol. The Labute approximate surface area is 106 Å². The van der Waals surface area contributed by atoms with E-state index in [-0.39, 0.29) is 44.6 Å². The van der Waals surface area contributed by atoms with Gasteiger partial charge in [-0.25, -0.2) is 0 Å². The second-order valence-corrected chi connectivity index (χ2v) is 2.34. The van der Waals surface area contributed by atoms with Crippen LogP contribution in [0.25, 0.3) is 5.57 Å². The molecule has 0 atom stereocenters. The van der Waals surface area contributed by atoms with Gasteiger partial charge in [-0.2, -0.15) is 0 Å². The lowest BCUT2D eigenvalue weighted by Crippen LogP contribution is -1.75. The number of hydrogen-bond donors (Lipinski definition) is 0. The Kier molecular flexibility index (Phi) is 44.3. The van der Waals surface area contributed by atoms with E-state index in [1.807, 2.05) is 6.07 Å². The summed E-state index contributed by atoms with van der Waals surface area (Å²) in [5.74, 6) is 0. The summed E-state index contributed by atoms with van der Waals surface area (Å²) >= 11 is 0. The van der Waals surface area contributed by atoms with Crippen molar-refractivity contribution in [2.45, 2.75) is 58.4 Å². The second kappa shape index (κ2) is 19.5. The van der Waals surface area contributed by atoms with Crippen LogP contribution in [-0.4, -0.2) is 0 Å². The van der Waals surface area contributed by atoms with Crippen molar-refractivity contribution in [1.82, 2.24) is 0 Å². The van der Waals surface area contributed by atoms with E-state index in [9.17, 15) is 0 Å². The van der Waals surface area contributed by atoms with Crippen LogP contribution in [0.1, 0.15) is 64.0 Å². The fourth-order valence-electron chi connectivity index (χ4n) is 0.868. The molecule has 0 saturated carbocycles. The van der Waals surface area contributed by atoms with Crippen molar-refractivity contribution >= 4 is 5.57 Å². The first-order valence-corrected chi connectivity index (χ1v) is 3.53. The normalized spacial score (nSPS) is 7.25. The van der Waals surface area contributed by atoms with Gasteiger partial charge in [-0.3, -0.25) is 0 Å². The van der Waals surface area contributed by atoms with Crippen LogP contribution < -0.4 is 0 Å². The third-order valence-corrected chi connectivity index (χ3v) is 1.66. The van der Waals surface area contributed by atoms with Crippen molar-refractivity contribution < 1.29 is 0 Å². The lowest BCUT2D eigenvalue weighted by Gasteiger charge is -1.97. The van der Waals surface area contributed by atoms with Crippen molar-refractivity contribution in [2.75, 3.05) is 0 Å². The molecule has 1 aromatic rings. The quantitative estimate of drug-likeness (QED) is 0.489. The van der Waals surface area contributed by atoms with Crippen molar-refractivity contribution in [3.05, 3.63) is 42.0 Å². The zero-order chi connectivity index (χ0) is 7.40. The SMILES string of the molecule is C.C.C.C.C.C.C/C=C(\C)c1ccccc1. The lowest BCUT2D eigenvalue weighted by atomic mass is 10.1. The molecule has 0 fully saturated rings. The third-order valence-electron chi connectivity index (χ3n) is 1.66. The van der Waals surface area contributed by atoms with E-state index < -0.39 is 0 Å². The van der Waals surface area contributed by atoms with Crippen LogP contribution in [0.2, 0.25) is 0 Å². The topological polar surface area (TPSA) is 0 Å². The summed E-state index contributed by atoms with van der Waals surface area (Å²) in [6.07, 6.45) is 2.12. The predicted octanol–water partition coefficient (Wildman–Crippen LogP) is 6.93. The number of rotatable bonds is 1. The van der Waals surface area contributed by atoms with Gasteiger partial charge in [0.05, 0.1) is 0 Å². The van der Waals surface area contributed by atoms with Gasteiger partial charge in [-0.05, 0) is 25.0 Å². The zero-order valence-corrected chi connectivity index (χ0v) is 6.46. The molecule has 0 aliphatic carbocycles. The second-order valence-electron chi connectivity index (χ2n) is 2.34. The summed E-state index contributed by atoms with van der Waals surface area (Å²) in [4.78, 5) is 0. The molecule has 100 valence electrons. The Balaban J connectivity index is -0.0000000417. The largest absolute Gasteiger partial charge is 0.0841 e. The first-order chi connectivity index (χ1) is 4.84. The molecule has 0 saturated heterocycles. The van der Waals surface area contributed by atoms with E-state index >= 15 is 0 Å². The highest BCUT2D eigenvalue weighted by Gasteiger charge is 1.88. The van der Waals surface area contributed by atoms with Gasteiger partial charge >= 0.3 is 0 Å². The van der Waals surface area contributed by atoms with E-state index in [0.717, 1.165) is 0 Å². The van der Waals surface area contributed by atoms with Crippen molar-refractivity contribution in [3.8, 4) is 0 Å². The van der Waals surface area contributed by atoms with Gasteiger partial charge in [0.1, 0.15) is 0 Å². The minimum atomic E-state index is 0. The van der Waals surface area contributed by atoms with Crippen LogP contribution in [0, 0.1) is 0 Å². The smallest absolute Gasteiger partial charge is 0.0231 e. The highest BCUT2D eigenvalue weighted by molar-refractivity contribution is 5.62. The maximum atomic E-state index is 2.12. The first kappa shape index (κ1) is 36.3. The molecule has 0 spiro atoms. The summed E-state index contributed by atoms with van der Waals surface area (Å²) < 4.78 is 0. The van der Waals surface area contributed by atoms with E-state index in [1.54, 1.807) is 0 Å². The Morgan fingerprint density at radius 1 is 0.812 bits per heavy atom. The Hall–Kier alpha value is -1.04. The van der Waals surface area contributed by atoms with Gasteiger partial charge < -0.3 is 0 Å². The van der Waals surface area contributed by atoms with Crippen LogP contribution in [0.15, 0.2) is 36.4 Å². The summed E-state index contributed by atoms with van der Waals surface area (Å²) in [6, 6.07) is 10.4. The number of benzene rings is 1. The third kappa shape index (κ3) is 11.0. The fourth-order valence-corrected chi connectivity index (χ4v) is 0.868. The first-order valence-electron chi connectivity index (χ1n) is 3.53. The van der Waals surface area contributed by atoms with Crippen LogP contribution in [-0.2, 0) is 0 Å². The van der Waals surface area contributed by atoms with Gasteiger partial charge in [-0.15, -0.1) is 0 Å². The van der Waals surface area contributed by atoms with Crippen LogP contribution in [0.5, 0.6) is 0 Å². The minimum Gasteiger partial charge on any atom is -0.0841 e. The molecule has 0 heterocycles. The molecule has 0 aliphatic heterocycles. The summed E-state index contributed by atoms with van der Waals surface area (Å²) in [5.41, 5.74) is 2.64. The minimum absolute atomic E-state index is 0. The van der Waals surface area contributed by atoms with E-state index in [0.29, 0.717) is 0 Å². The number of hydrogen-bond acceptors (Lipinski definition) is 0. The maximum absolute atomic E-state index is 2.12. The van der Waals surface area contributed by atoms with Crippen LogP contribution in [0.3, 0.4) is 0 Å². The molecular weight excluding hydrogens is 192 g/mol. The summed E-state index contributed by atoms with van der Waals surface area (Å²) in [6.45, 7) is 4.18. The lowest BCUT2D eigenvalue weighted by molar-refractivity contribution is 1.54. The van der Waals surface area contributed by atoms with Crippen LogP contribution >= 0.6 is 0 Å². The highest BCUT2D eigenvalue weighted by Crippen LogP contribution is 2.11. The molecule has 0 radical (unpaired) electrons. The summed E-state index contributed by atoms with van der Waals surface area (Å²) in [5, 5.41) is 0. The van der Waals surface area contributed by atoms with Gasteiger partial charge in [0.25, 0.3) is 0 Å². The summed E-state index contributed by atoms with van der Waals surface area (Å²) in [7, 11) is 0. The molecule has 0 N–H and O–H groups in total. The van der Waals surface area contributed by atoms with E-state index in [2.05, 4.69) is 44.2 Å². The Morgan fingerprint density at radius 3 is 1.50 bits per heavy atom. The van der Waals surface area contributed by atoms with Gasteiger partial charge in [0.15, 0.2) is 0 Å². The van der Waals surface area contributed by atoms with E-state index in [1.165, 1.54) is 11.1 Å². The van der Waals surface area contributed by atoms with Gasteiger partial charge in [-0.1, -0.05) is 81.0 Å². The molecule has 0 nitrogen and oxygen atoms in total. The van der Waals surface area contributed by atoms with Gasteiger partial charge in [0, 0.05) is 0 Å². The van der Waals surface area contributed by atoms with Crippen molar-refractivity contribution in [2.24, 2.45) is 0 Å². The highest BCUT2D eigenvalue weighted by atomic mass is 13.9. The molecule has 0 amide bonds.